The minimum atomic E-state index is -0.543. The standard InChI is InChI=1S/C16H14ClN3O4S/c1-9-11(4-3-5-13(9)20(22)23)15(21)19-16(25)18-10-6-7-14(24-2)12(17)8-10/h3-8H,1-2H3,(H2,18,19,21,25). The zero-order valence-electron chi connectivity index (χ0n) is 13.3. The van der Waals surface area contributed by atoms with E-state index in [0.717, 1.165) is 0 Å². The molecule has 0 saturated carbocycles. The van der Waals surface area contributed by atoms with Gasteiger partial charge in [-0.2, -0.15) is 0 Å². The average molecular weight is 380 g/mol. The SMILES string of the molecule is COc1ccc(NC(=S)NC(=O)c2cccc([N+](=O)[O-])c2C)cc1Cl. The van der Waals surface area contributed by atoms with Crippen molar-refractivity contribution in [2.24, 2.45) is 0 Å². The molecule has 0 heterocycles. The Balaban J connectivity index is 2.11. The molecule has 7 nitrogen and oxygen atoms in total. The molecule has 0 bridgehead atoms. The Hall–Kier alpha value is -2.71. The summed E-state index contributed by atoms with van der Waals surface area (Å²) < 4.78 is 5.05. The fourth-order valence-corrected chi connectivity index (χ4v) is 2.61. The van der Waals surface area contributed by atoms with Crippen molar-refractivity contribution in [2.75, 3.05) is 12.4 Å². The number of rotatable bonds is 4. The number of carbonyl (C=O) groups excluding carboxylic acids is 1. The third-order valence-electron chi connectivity index (χ3n) is 3.38. The molecule has 0 unspecified atom stereocenters. The van der Waals surface area contributed by atoms with Crippen LogP contribution in [0.1, 0.15) is 15.9 Å². The quantitative estimate of drug-likeness (QED) is 0.478. The summed E-state index contributed by atoms with van der Waals surface area (Å²) in [6.45, 7) is 1.51. The van der Waals surface area contributed by atoms with Gasteiger partial charge >= 0.3 is 0 Å². The van der Waals surface area contributed by atoms with Crippen LogP contribution in [-0.2, 0) is 0 Å². The molecule has 0 spiro atoms. The highest BCUT2D eigenvalue weighted by Crippen LogP contribution is 2.27. The molecular formula is C16H14ClN3O4S. The molecule has 2 aromatic carbocycles. The maximum absolute atomic E-state index is 12.3. The van der Waals surface area contributed by atoms with Crippen molar-refractivity contribution in [3.8, 4) is 5.75 Å². The Bertz CT molecular complexity index is 857. The lowest BCUT2D eigenvalue weighted by Gasteiger charge is -2.12. The zero-order chi connectivity index (χ0) is 18.6. The first-order chi connectivity index (χ1) is 11.8. The average Bonchev–Trinajstić information content (AvgIpc) is 2.54. The van der Waals surface area contributed by atoms with Crippen molar-refractivity contribution >= 4 is 46.2 Å². The first-order valence-corrected chi connectivity index (χ1v) is 7.82. The van der Waals surface area contributed by atoms with E-state index in [-0.39, 0.29) is 21.9 Å². The zero-order valence-corrected chi connectivity index (χ0v) is 14.9. The highest BCUT2D eigenvalue weighted by Gasteiger charge is 2.18. The third kappa shape index (κ3) is 4.43. The van der Waals surface area contributed by atoms with E-state index in [2.05, 4.69) is 10.6 Å². The van der Waals surface area contributed by atoms with Crippen LogP contribution in [0.25, 0.3) is 0 Å². The largest absolute Gasteiger partial charge is 0.495 e. The van der Waals surface area contributed by atoms with Crippen molar-refractivity contribution in [1.82, 2.24) is 5.32 Å². The fourth-order valence-electron chi connectivity index (χ4n) is 2.14. The second kappa shape index (κ2) is 7.91. The molecule has 1 amide bonds. The van der Waals surface area contributed by atoms with Crippen LogP contribution in [0, 0.1) is 17.0 Å². The molecule has 25 heavy (non-hydrogen) atoms. The summed E-state index contributed by atoms with van der Waals surface area (Å²) in [6, 6.07) is 9.20. The normalized spacial score (nSPS) is 10.0. The summed E-state index contributed by atoms with van der Waals surface area (Å²) in [5, 5.41) is 16.7. The molecule has 130 valence electrons. The minimum absolute atomic E-state index is 0.0390. The molecule has 0 aliphatic heterocycles. The van der Waals surface area contributed by atoms with E-state index in [1.165, 1.54) is 32.2 Å². The Kier molecular flexibility index (Phi) is 5.89. The fraction of sp³-hybridized carbons (Fsp3) is 0.125. The number of hydrogen-bond donors (Lipinski definition) is 2. The first-order valence-electron chi connectivity index (χ1n) is 7.03. The van der Waals surface area contributed by atoms with E-state index in [9.17, 15) is 14.9 Å². The van der Waals surface area contributed by atoms with Gasteiger partial charge in [0.05, 0.1) is 17.1 Å². The van der Waals surface area contributed by atoms with Gasteiger partial charge in [0.15, 0.2) is 5.11 Å². The highest BCUT2D eigenvalue weighted by atomic mass is 35.5. The van der Waals surface area contributed by atoms with Crippen LogP contribution < -0.4 is 15.4 Å². The van der Waals surface area contributed by atoms with E-state index in [0.29, 0.717) is 16.5 Å². The van der Waals surface area contributed by atoms with Gasteiger partial charge in [0.1, 0.15) is 5.75 Å². The lowest BCUT2D eigenvalue weighted by Crippen LogP contribution is -2.34. The molecule has 0 saturated heterocycles. The number of nitro benzene ring substituents is 1. The van der Waals surface area contributed by atoms with Crippen molar-refractivity contribution in [2.45, 2.75) is 6.92 Å². The van der Waals surface area contributed by atoms with Crippen LogP contribution in [0.2, 0.25) is 5.02 Å². The molecular weight excluding hydrogens is 366 g/mol. The summed E-state index contributed by atoms with van der Waals surface area (Å²) in [7, 11) is 1.50. The van der Waals surface area contributed by atoms with Gasteiger partial charge in [-0.15, -0.1) is 0 Å². The molecule has 2 aromatic rings. The van der Waals surface area contributed by atoms with Crippen LogP contribution in [0.15, 0.2) is 36.4 Å². The van der Waals surface area contributed by atoms with E-state index in [4.69, 9.17) is 28.6 Å². The molecule has 2 rings (SSSR count). The summed E-state index contributed by atoms with van der Waals surface area (Å²) in [5.41, 5.74) is 0.867. The molecule has 0 atom stereocenters. The van der Waals surface area contributed by atoms with Crippen molar-refractivity contribution in [3.63, 3.8) is 0 Å². The number of nitrogens with zero attached hydrogens (tertiary/aromatic N) is 1. The number of halogens is 1. The molecule has 2 N–H and O–H groups in total. The van der Waals surface area contributed by atoms with E-state index in [1.807, 2.05) is 0 Å². The number of amides is 1. The van der Waals surface area contributed by atoms with Gasteiger partial charge in [0.2, 0.25) is 0 Å². The molecule has 0 radical (unpaired) electrons. The van der Waals surface area contributed by atoms with Crippen molar-refractivity contribution in [1.29, 1.82) is 0 Å². The van der Waals surface area contributed by atoms with Crippen LogP contribution in [0.4, 0.5) is 11.4 Å². The van der Waals surface area contributed by atoms with Gasteiger partial charge in [0.25, 0.3) is 11.6 Å². The second-order valence-corrected chi connectivity index (χ2v) is 5.78. The van der Waals surface area contributed by atoms with E-state index >= 15 is 0 Å². The number of benzene rings is 2. The Morgan fingerprint density at radius 1 is 1.32 bits per heavy atom. The van der Waals surface area contributed by atoms with Crippen molar-refractivity contribution < 1.29 is 14.5 Å². The first kappa shape index (κ1) is 18.6. The number of ether oxygens (including phenoxy) is 1. The van der Waals surface area contributed by atoms with Gasteiger partial charge in [-0.05, 0) is 43.4 Å². The van der Waals surface area contributed by atoms with Gasteiger partial charge < -0.3 is 10.1 Å². The van der Waals surface area contributed by atoms with Crippen LogP contribution in [-0.4, -0.2) is 23.1 Å². The number of thiocarbonyl (C=S) groups is 1. The second-order valence-electron chi connectivity index (χ2n) is 4.96. The molecule has 0 aliphatic rings. The van der Waals surface area contributed by atoms with E-state index < -0.39 is 10.8 Å². The third-order valence-corrected chi connectivity index (χ3v) is 3.88. The summed E-state index contributed by atoms with van der Waals surface area (Å²) >= 11 is 11.1. The Morgan fingerprint density at radius 3 is 2.64 bits per heavy atom. The number of hydrogen-bond acceptors (Lipinski definition) is 5. The van der Waals surface area contributed by atoms with E-state index in [1.54, 1.807) is 18.2 Å². The van der Waals surface area contributed by atoms with Gasteiger partial charge in [-0.25, -0.2) is 0 Å². The molecule has 0 fully saturated rings. The lowest BCUT2D eigenvalue weighted by molar-refractivity contribution is -0.385. The molecule has 0 aliphatic carbocycles. The highest BCUT2D eigenvalue weighted by molar-refractivity contribution is 7.80. The number of nitrogens with one attached hydrogen (secondary N) is 2. The topological polar surface area (TPSA) is 93.5 Å². The number of methoxy groups -OCH3 is 1. The van der Waals surface area contributed by atoms with Gasteiger partial charge in [0, 0.05) is 22.9 Å². The smallest absolute Gasteiger partial charge is 0.273 e. The Labute approximate surface area is 154 Å². The van der Waals surface area contributed by atoms with Gasteiger partial charge in [-0.1, -0.05) is 17.7 Å². The Morgan fingerprint density at radius 2 is 2.04 bits per heavy atom. The molecule has 9 heteroatoms. The lowest BCUT2D eigenvalue weighted by atomic mass is 10.1. The predicted octanol–water partition coefficient (Wildman–Crippen LogP) is 3.69. The maximum Gasteiger partial charge on any atom is 0.273 e. The maximum atomic E-state index is 12.3. The minimum Gasteiger partial charge on any atom is -0.495 e. The van der Waals surface area contributed by atoms with Gasteiger partial charge in [-0.3, -0.25) is 20.2 Å². The van der Waals surface area contributed by atoms with Crippen LogP contribution >= 0.6 is 23.8 Å². The summed E-state index contributed by atoms with van der Waals surface area (Å²) in [6.07, 6.45) is 0. The number of anilines is 1. The number of carbonyl (C=O) groups is 1. The molecule has 0 aromatic heterocycles. The number of nitro groups is 1. The predicted molar refractivity (Wildman–Crippen MR) is 99.5 cm³/mol. The van der Waals surface area contributed by atoms with Crippen LogP contribution in [0.5, 0.6) is 5.75 Å². The van der Waals surface area contributed by atoms with Crippen molar-refractivity contribution in [3.05, 3.63) is 62.7 Å². The summed E-state index contributed by atoms with van der Waals surface area (Å²) in [4.78, 5) is 22.7. The summed E-state index contributed by atoms with van der Waals surface area (Å²) in [5.74, 6) is -0.0345. The monoisotopic (exact) mass is 379 g/mol. The van der Waals surface area contributed by atoms with Crippen LogP contribution in [0.3, 0.4) is 0 Å².